The molecule has 26 heavy (non-hydrogen) atoms. The summed E-state index contributed by atoms with van der Waals surface area (Å²) in [4.78, 5) is 6.63. The van der Waals surface area contributed by atoms with E-state index >= 15 is 0 Å². The van der Waals surface area contributed by atoms with Crippen molar-refractivity contribution in [2.24, 2.45) is 4.99 Å². The van der Waals surface area contributed by atoms with Gasteiger partial charge in [-0.3, -0.25) is 9.89 Å². The summed E-state index contributed by atoms with van der Waals surface area (Å²) in [5.41, 5.74) is 0.238. The molecule has 1 aromatic rings. The molecule has 0 spiro atoms. The van der Waals surface area contributed by atoms with E-state index in [-0.39, 0.29) is 30.0 Å². The lowest BCUT2D eigenvalue weighted by Crippen LogP contribution is -2.47. The number of guanidine groups is 1. The number of rotatable bonds is 4. The molecule has 2 heterocycles. The molecule has 5 nitrogen and oxygen atoms in total. The summed E-state index contributed by atoms with van der Waals surface area (Å²) >= 11 is 0. The molecule has 0 amide bonds. The van der Waals surface area contributed by atoms with Gasteiger partial charge < -0.3 is 15.4 Å². The molecular formula is C17H24F3IN4O. The lowest BCUT2D eigenvalue weighted by atomic mass is 10.0. The predicted molar refractivity (Wildman–Crippen MR) is 105 cm³/mol. The van der Waals surface area contributed by atoms with E-state index in [9.17, 15) is 13.2 Å². The van der Waals surface area contributed by atoms with Crippen LogP contribution in [0.3, 0.4) is 0 Å². The van der Waals surface area contributed by atoms with Gasteiger partial charge in [-0.25, -0.2) is 0 Å². The topological polar surface area (TPSA) is 48.9 Å². The Morgan fingerprint density at radius 3 is 2.46 bits per heavy atom. The van der Waals surface area contributed by atoms with Gasteiger partial charge in [0.2, 0.25) is 0 Å². The second-order valence-corrected chi connectivity index (χ2v) is 6.18. The summed E-state index contributed by atoms with van der Waals surface area (Å²) < 4.78 is 43.8. The Hall–Kier alpha value is -1.07. The average molecular weight is 484 g/mol. The standard InChI is InChI=1S/C17H23F3N4O.HI/c18-17(19,20)14-4-2-13(3-5-14)15(24-8-10-25-11-9-24)12-23-16-21-6-1-7-22-16;/h2-5,15H,1,6-12H2,(H2,21,22,23);1H. The number of morpholine rings is 1. The molecule has 1 unspecified atom stereocenters. The number of hydrogen-bond acceptors (Lipinski definition) is 5. The van der Waals surface area contributed by atoms with E-state index in [1.165, 1.54) is 0 Å². The molecule has 0 aliphatic carbocycles. The van der Waals surface area contributed by atoms with Gasteiger partial charge in [-0.15, -0.1) is 24.0 Å². The van der Waals surface area contributed by atoms with Gasteiger partial charge in [-0.1, -0.05) is 12.1 Å². The molecule has 1 fully saturated rings. The van der Waals surface area contributed by atoms with Crippen molar-refractivity contribution in [1.29, 1.82) is 0 Å². The first-order valence-corrected chi connectivity index (χ1v) is 8.55. The van der Waals surface area contributed by atoms with Gasteiger partial charge in [0, 0.05) is 32.7 Å². The van der Waals surface area contributed by atoms with E-state index in [4.69, 9.17) is 4.74 Å². The maximum absolute atomic E-state index is 12.8. The molecule has 0 saturated carbocycles. The van der Waals surface area contributed by atoms with Crippen molar-refractivity contribution in [1.82, 2.24) is 15.5 Å². The van der Waals surface area contributed by atoms with Crippen molar-refractivity contribution in [3.63, 3.8) is 0 Å². The number of benzene rings is 1. The summed E-state index contributed by atoms with van der Waals surface area (Å²) in [6.45, 7) is 5.04. The highest BCUT2D eigenvalue weighted by atomic mass is 127. The third kappa shape index (κ3) is 5.71. The number of hydrogen-bond donors (Lipinski definition) is 2. The normalized spacial score (nSPS) is 19.7. The van der Waals surface area contributed by atoms with Crippen LogP contribution >= 0.6 is 24.0 Å². The summed E-state index contributed by atoms with van der Waals surface area (Å²) in [6, 6.07) is 5.41. The molecule has 2 N–H and O–H groups in total. The van der Waals surface area contributed by atoms with Crippen LogP contribution in [0.2, 0.25) is 0 Å². The minimum atomic E-state index is -4.31. The fraction of sp³-hybridized carbons (Fsp3) is 0.588. The smallest absolute Gasteiger partial charge is 0.379 e. The molecule has 9 heteroatoms. The Morgan fingerprint density at radius 1 is 1.19 bits per heavy atom. The lowest BCUT2D eigenvalue weighted by molar-refractivity contribution is -0.137. The summed E-state index contributed by atoms with van der Waals surface area (Å²) in [6.07, 6.45) is -3.30. The molecule has 1 aromatic carbocycles. The van der Waals surface area contributed by atoms with Crippen LogP contribution in [0.5, 0.6) is 0 Å². The highest BCUT2D eigenvalue weighted by molar-refractivity contribution is 14.0. The van der Waals surface area contributed by atoms with Gasteiger partial charge in [0.1, 0.15) is 0 Å². The molecule has 1 atom stereocenters. The van der Waals surface area contributed by atoms with Crippen LogP contribution in [-0.4, -0.2) is 56.8 Å². The molecule has 0 aromatic heterocycles. The predicted octanol–water partition coefficient (Wildman–Crippen LogP) is 2.64. The zero-order chi connectivity index (χ0) is 17.7. The zero-order valence-electron chi connectivity index (χ0n) is 14.4. The van der Waals surface area contributed by atoms with E-state index in [2.05, 4.69) is 20.5 Å². The van der Waals surface area contributed by atoms with Crippen molar-refractivity contribution in [2.45, 2.75) is 18.6 Å². The first kappa shape index (κ1) is 21.2. The van der Waals surface area contributed by atoms with E-state index in [1.807, 2.05) is 0 Å². The number of halogens is 4. The van der Waals surface area contributed by atoms with Crippen LogP contribution in [0.15, 0.2) is 29.3 Å². The fourth-order valence-corrected chi connectivity index (χ4v) is 3.09. The van der Waals surface area contributed by atoms with Gasteiger partial charge in [-0.05, 0) is 24.1 Å². The number of nitrogens with zero attached hydrogens (tertiary/aromatic N) is 2. The first-order chi connectivity index (χ1) is 12.0. The van der Waals surface area contributed by atoms with Crippen molar-refractivity contribution < 1.29 is 17.9 Å². The second-order valence-electron chi connectivity index (χ2n) is 6.18. The molecule has 2 aliphatic rings. The Balaban J connectivity index is 0.00000243. The van der Waals surface area contributed by atoms with Crippen LogP contribution in [0.4, 0.5) is 13.2 Å². The molecule has 0 radical (unpaired) electrons. The molecular weight excluding hydrogens is 460 g/mol. The van der Waals surface area contributed by atoms with E-state index in [0.29, 0.717) is 19.8 Å². The Bertz CT molecular complexity index is 589. The van der Waals surface area contributed by atoms with Crippen molar-refractivity contribution in [2.75, 3.05) is 45.9 Å². The minimum Gasteiger partial charge on any atom is -0.379 e. The van der Waals surface area contributed by atoms with Crippen LogP contribution in [0.1, 0.15) is 23.6 Å². The molecule has 2 aliphatic heterocycles. The van der Waals surface area contributed by atoms with Crippen molar-refractivity contribution >= 4 is 29.9 Å². The lowest BCUT2D eigenvalue weighted by Gasteiger charge is -2.35. The molecule has 1 saturated heterocycles. The zero-order valence-corrected chi connectivity index (χ0v) is 16.7. The first-order valence-electron chi connectivity index (χ1n) is 8.55. The largest absolute Gasteiger partial charge is 0.416 e. The van der Waals surface area contributed by atoms with Crippen LogP contribution < -0.4 is 10.6 Å². The maximum atomic E-state index is 12.8. The third-order valence-corrected chi connectivity index (χ3v) is 4.47. The van der Waals surface area contributed by atoms with Crippen molar-refractivity contribution in [3.8, 4) is 0 Å². The van der Waals surface area contributed by atoms with E-state index in [0.717, 1.165) is 56.3 Å². The summed E-state index contributed by atoms with van der Waals surface area (Å²) in [5, 5.41) is 6.50. The van der Waals surface area contributed by atoms with Crippen molar-refractivity contribution in [3.05, 3.63) is 35.4 Å². The quantitative estimate of drug-likeness (QED) is 0.646. The average Bonchev–Trinajstić information content (AvgIpc) is 2.63. The SMILES string of the molecule is FC(F)(F)c1ccc(C(CNC2=NCCCN2)N2CCOCC2)cc1.I. The third-order valence-electron chi connectivity index (χ3n) is 4.47. The van der Waals surface area contributed by atoms with Gasteiger partial charge >= 0.3 is 6.18 Å². The minimum absolute atomic E-state index is 0. The number of nitrogens with one attached hydrogen (secondary N) is 2. The number of ether oxygens (including phenoxy) is 1. The Labute approximate surface area is 168 Å². The Morgan fingerprint density at radius 2 is 1.88 bits per heavy atom. The van der Waals surface area contributed by atoms with Crippen LogP contribution in [0, 0.1) is 0 Å². The second kappa shape index (κ2) is 9.75. The molecule has 146 valence electrons. The van der Waals surface area contributed by atoms with E-state index < -0.39 is 11.7 Å². The van der Waals surface area contributed by atoms with Crippen LogP contribution in [-0.2, 0) is 10.9 Å². The number of alkyl halides is 3. The highest BCUT2D eigenvalue weighted by Crippen LogP contribution is 2.31. The fourth-order valence-electron chi connectivity index (χ4n) is 3.09. The summed E-state index contributed by atoms with van der Waals surface area (Å²) in [5.74, 6) is 0.761. The van der Waals surface area contributed by atoms with Gasteiger partial charge in [0.25, 0.3) is 0 Å². The maximum Gasteiger partial charge on any atom is 0.416 e. The van der Waals surface area contributed by atoms with Gasteiger partial charge in [0.05, 0.1) is 24.8 Å². The van der Waals surface area contributed by atoms with Crippen LogP contribution in [0.25, 0.3) is 0 Å². The monoisotopic (exact) mass is 484 g/mol. The molecule has 3 rings (SSSR count). The summed E-state index contributed by atoms with van der Waals surface area (Å²) in [7, 11) is 0. The van der Waals surface area contributed by atoms with Gasteiger partial charge in [0.15, 0.2) is 5.96 Å². The Kier molecular flexibility index (Phi) is 7.96. The number of aliphatic imine (C=N–C) groups is 1. The van der Waals surface area contributed by atoms with E-state index in [1.54, 1.807) is 12.1 Å². The van der Waals surface area contributed by atoms with Gasteiger partial charge in [-0.2, -0.15) is 13.2 Å². The highest BCUT2D eigenvalue weighted by Gasteiger charge is 2.31. The molecule has 0 bridgehead atoms.